The Balaban J connectivity index is 1.84. The van der Waals surface area contributed by atoms with E-state index in [9.17, 15) is 5.11 Å². The van der Waals surface area contributed by atoms with Crippen LogP contribution in [0.1, 0.15) is 31.2 Å². The van der Waals surface area contributed by atoms with Gasteiger partial charge < -0.3 is 10.0 Å². The van der Waals surface area contributed by atoms with E-state index >= 15 is 0 Å². The summed E-state index contributed by atoms with van der Waals surface area (Å²) >= 11 is 0. The second kappa shape index (κ2) is 4.06. The molecule has 1 aromatic rings. The van der Waals surface area contributed by atoms with Gasteiger partial charge in [0.1, 0.15) is 0 Å². The van der Waals surface area contributed by atoms with Crippen molar-refractivity contribution in [3.05, 3.63) is 24.0 Å². The van der Waals surface area contributed by atoms with Gasteiger partial charge in [0, 0.05) is 36.2 Å². The van der Waals surface area contributed by atoms with Crippen molar-refractivity contribution in [2.75, 3.05) is 11.4 Å². The molecule has 0 aromatic carbocycles. The number of anilines is 1. The molecule has 1 N–H and O–H groups in total. The molecule has 0 unspecified atom stereocenters. The molecule has 3 rings (SSSR count). The van der Waals surface area contributed by atoms with Crippen LogP contribution >= 0.6 is 0 Å². The van der Waals surface area contributed by atoms with E-state index in [4.69, 9.17) is 0 Å². The molecule has 0 amide bonds. The number of aliphatic hydroxyl groups is 1. The molecule has 2 saturated carbocycles. The lowest BCUT2D eigenvalue weighted by atomic mass is 10.2. The van der Waals surface area contributed by atoms with E-state index in [2.05, 4.69) is 9.88 Å². The minimum absolute atomic E-state index is 0.0943. The topological polar surface area (TPSA) is 36.4 Å². The largest absolute Gasteiger partial charge is 0.392 e. The highest BCUT2D eigenvalue weighted by Gasteiger charge is 2.34. The molecular formula is C13H18N2O. The molecule has 2 aliphatic rings. The van der Waals surface area contributed by atoms with Gasteiger partial charge in [-0.05, 0) is 37.7 Å². The van der Waals surface area contributed by atoms with Gasteiger partial charge >= 0.3 is 0 Å². The lowest BCUT2D eigenvalue weighted by Gasteiger charge is -2.26. The highest BCUT2D eigenvalue weighted by Crippen LogP contribution is 2.38. The minimum atomic E-state index is 0.0943. The van der Waals surface area contributed by atoms with Crippen LogP contribution in [0.4, 0.5) is 5.69 Å². The molecule has 16 heavy (non-hydrogen) atoms. The molecule has 0 bridgehead atoms. The van der Waals surface area contributed by atoms with Crippen LogP contribution in [0.15, 0.2) is 18.5 Å². The van der Waals surface area contributed by atoms with Gasteiger partial charge in [-0.2, -0.15) is 0 Å². The molecule has 3 heteroatoms. The Kier molecular flexibility index (Phi) is 2.56. The van der Waals surface area contributed by atoms with E-state index in [1.54, 1.807) is 6.20 Å². The lowest BCUT2D eigenvalue weighted by molar-refractivity contribution is 0.281. The maximum atomic E-state index is 9.35. The predicted molar refractivity (Wildman–Crippen MR) is 63.3 cm³/mol. The summed E-state index contributed by atoms with van der Waals surface area (Å²) in [4.78, 5) is 6.58. The molecule has 0 radical (unpaired) electrons. The van der Waals surface area contributed by atoms with Crippen molar-refractivity contribution in [1.82, 2.24) is 4.98 Å². The van der Waals surface area contributed by atoms with Gasteiger partial charge in [-0.3, -0.25) is 4.98 Å². The van der Waals surface area contributed by atoms with E-state index in [-0.39, 0.29) is 6.61 Å². The Bertz CT molecular complexity index is 372. The van der Waals surface area contributed by atoms with Crippen molar-refractivity contribution in [2.45, 2.75) is 38.3 Å². The summed E-state index contributed by atoms with van der Waals surface area (Å²) in [6, 6.07) is 2.76. The molecule has 0 saturated heterocycles. The zero-order valence-corrected chi connectivity index (χ0v) is 9.47. The molecule has 1 aromatic heterocycles. The molecular weight excluding hydrogens is 200 g/mol. The second-order valence-electron chi connectivity index (χ2n) is 4.99. The van der Waals surface area contributed by atoms with Crippen molar-refractivity contribution in [2.24, 2.45) is 5.92 Å². The predicted octanol–water partition coefficient (Wildman–Crippen LogP) is 1.95. The van der Waals surface area contributed by atoms with Gasteiger partial charge in [-0.15, -0.1) is 0 Å². The number of nitrogens with zero attached hydrogens (tertiary/aromatic N) is 2. The Hall–Kier alpha value is -1.09. The van der Waals surface area contributed by atoms with Crippen LogP contribution in [0.25, 0.3) is 0 Å². The number of hydrogen-bond donors (Lipinski definition) is 1. The van der Waals surface area contributed by atoms with Crippen molar-refractivity contribution in [3.63, 3.8) is 0 Å². The summed E-state index contributed by atoms with van der Waals surface area (Å²) in [7, 11) is 0. The number of aromatic nitrogens is 1. The summed E-state index contributed by atoms with van der Waals surface area (Å²) in [5.74, 6) is 0.889. The minimum Gasteiger partial charge on any atom is -0.392 e. The van der Waals surface area contributed by atoms with E-state index in [1.165, 1.54) is 37.9 Å². The molecule has 0 aliphatic heterocycles. The van der Waals surface area contributed by atoms with Crippen molar-refractivity contribution >= 4 is 5.69 Å². The zero-order chi connectivity index (χ0) is 11.0. The fourth-order valence-electron chi connectivity index (χ4n) is 2.23. The van der Waals surface area contributed by atoms with E-state index in [0.29, 0.717) is 6.04 Å². The Labute approximate surface area is 96.1 Å². The van der Waals surface area contributed by atoms with Gasteiger partial charge in [0.25, 0.3) is 0 Å². The second-order valence-corrected chi connectivity index (χ2v) is 4.99. The number of aliphatic hydroxyl groups excluding tert-OH is 1. The van der Waals surface area contributed by atoms with Crippen LogP contribution in [0.3, 0.4) is 0 Å². The molecule has 0 spiro atoms. The van der Waals surface area contributed by atoms with Gasteiger partial charge in [-0.1, -0.05) is 0 Å². The highest BCUT2D eigenvalue weighted by molar-refractivity contribution is 5.54. The van der Waals surface area contributed by atoms with Gasteiger partial charge in [0.05, 0.1) is 6.61 Å². The van der Waals surface area contributed by atoms with E-state index in [0.717, 1.165) is 11.5 Å². The zero-order valence-electron chi connectivity index (χ0n) is 9.47. The third kappa shape index (κ3) is 2.05. The summed E-state index contributed by atoms with van der Waals surface area (Å²) in [6.07, 6.45) is 8.99. The first-order valence-electron chi connectivity index (χ1n) is 6.19. The molecule has 2 aliphatic carbocycles. The van der Waals surface area contributed by atoms with Crippen LogP contribution in [0, 0.1) is 5.92 Å². The van der Waals surface area contributed by atoms with Gasteiger partial charge in [0.2, 0.25) is 0 Å². The van der Waals surface area contributed by atoms with Crippen LogP contribution in [-0.4, -0.2) is 22.7 Å². The number of hydrogen-bond acceptors (Lipinski definition) is 3. The van der Waals surface area contributed by atoms with Crippen LogP contribution in [0.2, 0.25) is 0 Å². The first kappa shape index (κ1) is 10.1. The maximum absolute atomic E-state index is 9.35. The van der Waals surface area contributed by atoms with Gasteiger partial charge in [0.15, 0.2) is 0 Å². The fraction of sp³-hybridized carbons (Fsp3) is 0.615. The molecule has 2 fully saturated rings. The van der Waals surface area contributed by atoms with Crippen LogP contribution < -0.4 is 4.90 Å². The van der Waals surface area contributed by atoms with Crippen LogP contribution in [-0.2, 0) is 6.61 Å². The standard InChI is InChI=1S/C13H18N2O/c16-9-11-7-14-6-5-13(11)15(12-3-4-12)8-10-1-2-10/h5-7,10,12,16H,1-4,8-9H2. The average molecular weight is 218 g/mol. The molecule has 86 valence electrons. The normalized spacial score (nSPS) is 19.8. The quantitative estimate of drug-likeness (QED) is 0.820. The van der Waals surface area contributed by atoms with Crippen molar-refractivity contribution < 1.29 is 5.11 Å². The monoisotopic (exact) mass is 218 g/mol. The van der Waals surface area contributed by atoms with E-state index in [1.807, 2.05) is 12.3 Å². The van der Waals surface area contributed by atoms with Gasteiger partial charge in [-0.25, -0.2) is 0 Å². The lowest BCUT2D eigenvalue weighted by Crippen LogP contribution is -2.29. The van der Waals surface area contributed by atoms with Crippen molar-refractivity contribution in [3.8, 4) is 0 Å². The Morgan fingerprint density at radius 1 is 1.31 bits per heavy atom. The maximum Gasteiger partial charge on any atom is 0.0717 e. The molecule has 1 heterocycles. The summed E-state index contributed by atoms with van der Waals surface area (Å²) in [5.41, 5.74) is 2.17. The van der Waals surface area contributed by atoms with E-state index < -0.39 is 0 Å². The third-order valence-electron chi connectivity index (χ3n) is 3.50. The highest BCUT2D eigenvalue weighted by atomic mass is 16.3. The molecule has 3 nitrogen and oxygen atoms in total. The Morgan fingerprint density at radius 3 is 2.75 bits per heavy atom. The van der Waals surface area contributed by atoms with Crippen molar-refractivity contribution in [1.29, 1.82) is 0 Å². The summed E-state index contributed by atoms with van der Waals surface area (Å²) in [6.45, 7) is 1.26. The molecule has 0 atom stereocenters. The summed E-state index contributed by atoms with van der Waals surface area (Å²) in [5, 5.41) is 9.35. The SMILES string of the molecule is OCc1cnccc1N(CC1CC1)C1CC1. The smallest absolute Gasteiger partial charge is 0.0717 e. The number of rotatable bonds is 5. The first-order chi connectivity index (χ1) is 7.88. The summed E-state index contributed by atoms with van der Waals surface area (Å²) < 4.78 is 0. The first-order valence-corrected chi connectivity index (χ1v) is 6.19. The fourth-order valence-corrected chi connectivity index (χ4v) is 2.23. The Morgan fingerprint density at radius 2 is 2.12 bits per heavy atom. The van der Waals surface area contributed by atoms with Crippen LogP contribution in [0.5, 0.6) is 0 Å². The number of pyridine rings is 1. The third-order valence-corrected chi connectivity index (χ3v) is 3.50. The average Bonchev–Trinajstić information content (AvgIpc) is 3.16.